The smallest absolute Gasteiger partial charge is 0.170 e. The van der Waals surface area contributed by atoms with Crippen molar-refractivity contribution in [3.05, 3.63) is 35.5 Å². The molecule has 0 aliphatic heterocycles. The average Bonchev–Trinajstić information content (AvgIpc) is 3.15. The standard InChI is InChI=1S/C25H44N/c1-9-23(19-25(6)18-22(25)5)15-12-16-24(26(7)8)17-21(4)14-11-10-13-20(2)3/h17,19,22,24H,2,7,9-16,18H2,1,3-6,8H3/q+1. The van der Waals surface area contributed by atoms with Gasteiger partial charge in [0.2, 0.25) is 0 Å². The van der Waals surface area contributed by atoms with E-state index in [9.17, 15) is 0 Å². The van der Waals surface area contributed by atoms with Crippen LogP contribution in [0, 0.1) is 11.3 Å². The van der Waals surface area contributed by atoms with Crippen molar-refractivity contribution in [2.75, 3.05) is 7.05 Å². The Morgan fingerprint density at radius 1 is 1.19 bits per heavy atom. The molecule has 1 rings (SSSR count). The summed E-state index contributed by atoms with van der Waals surface area (Å²) < 4.78 is 2.14. The third-order valence-corrected chi connectivity index (χ3v) is 6.17. The molecule has 0 amide bonds. The maximum atomic E-state index is 4.17. The third-order valence-electron chi connectivity index (χ3n) is 6.17. The molecule has 1 saturated carbocycles. The van der Waals surface area contributed by atoms with Crippen molar-refractivity contribution >= 4 is 6.72 Å². The van der Waals surface area contributed by atoms with Crippen molar-refractivity contribution in [3.63, 3.8) is 0 Å². The summed E-state index contributed by atoms with van der Waals surface area (Å²) in [7, 11) is 2.11. The van der Waals surface area contributed by atoms with Gasteiger partial charge in [-0.25, -0.2) is 4.58 Å². The van der Waals surface area contributed by atoms with Crippen molar-refractivity contribution in [1.82, 2.24) is 0 Å². The zero-order valence-electron chi connectivity index (χ0n) is 18.5. The van der Waals surface area contributed by atoms with Crippen LogP contribution in [-0.4, -0.2) is 24.4 Å². The summed E-state index contributed by atoms with van der Waals surface area (Å²) in [5.74, 6) is 0.873. The van der Waals surface area contributed by atoms with Crippen LogP contribution in [0.25, 0.3) is 0 Å². The first-order valence-electron chi connectivity index (χ1n) is 10.7. The second-order valence-electron chi connectivity index (χ2n) is 9.16. The minimum atomic E-state index is 0.463. The number of hydrogen-bond acceptors (Lipinski definition) is 0. The van der Waals surface area contributed by atoms with Crippen LogP contribution in [0.5, 0.6) is 0 Å². The Kier molecular flexibility index (Phi) is 9.61. The summed E-state index contributed by atoms with van der Waals surface area (Å²) >= 11 is 0. The fourth-order valence-electron chi connectivity index (χ4n) is 3.83. The lowest BCUT2D eigenvalue weighted by atomic mass is 9.96. The minimum Gasteiger partial charge on any atom is -0.239 e. The molecule has 1 heteroatoms. The highest BCUT2D eigenvalue weighted by Gasteiger charge is 2.44. The Balaban J connectivity index is 2.45. The van der Waals surface area contributed by atoms with Gasteiger partial charge in [0.05, 0.1) is 0 Å². The lowest BCUT2D eigenvalue weighted by Crippen LogP contribution is -2.19. The molecule has 0 heterocycles. The molecule has 1 fully saturated rings. The number of rotatable bonds is 13. The topological polar surface area (TPSA) is 3.01 Å². The molecule has 26 heavy (non-hydrogen) atoms. The van der Waals surface area contributed by atoms with Crippen molar-refractivity contribution in [2.24, 2.45) is 11.3 Å². The highest BCUT2D eigenvalue weighted by molar-refractivity contribution is 5.17. The van der Waals surface area contributed by atoms with E-state index in [-0.39, 0.29) is 0 Å². The largest absolute Gasteiger partial charge is 0.239 e. The highest BCUT2D eigenvalue weighted by atomic mass is 15.0. The highest BCUT2D eigenvalue weighted by Crippen LogP contribution is 2.53. The fraction of sp³-hybridized carbons (Fsp3) is 0.720. The van der Waals surface area contributed by atoms with E-state index in [4.69, 9.17) is 0 Å². The molecule has 0 radical (unpaired) electrons. The first kappa shape index (κ1) is 22.9. The zero-order valence-corrected chi connectivity index (χ0v) is 18.5. The third kappa shape index (κ3) is 8.52. The maximum Gasteiger partial charge on any atom is 0.170 e. The van der Waals surface area contributed by atoms with Crippen molar-refractivity contribution in [1.29, 1.82) is 0 Å². The molecule has 1 aliphatic rings. The van der Waals surface area contributed by atoms with Crippen LogP contribution in [0.1, 0.15) is 92.4 Å². The van der Waals surface area contributed by atoms with Crippen LogP contribution in [-0.2, 0) is 0 Å². The van der Waals surface area contributed by atoms with Gasteiger partial charge < -0.3 is 0 Å². The van der Waals surface area contributed by atoms with Gasteiger partial charge in [0.15, 0.2) is 6.04 Å². The Hall–Kier alpha value is -1.11. The van der Waals surface area contributed by atoms with Gasteiger partial charge in [-0.3, -0.25) is 0 Å². The first-order chi connectivity index (χ1) is 12.2. The van der Waals surface area contributed by atoms with Crippen LogP contribution in [0.15, 0.2) is 35.5 Å². The van der Waals surface area contributed by atoms with Gasteiger partial charge in [-0.05, 0) is 82.6 Å². The van der Waals surface area contributed by atoms with Crippen LogP contribution in [0.2, 0.25) is 0 Å². The Morgan fingerprint density at radius 2 is 1.81 bits per heavy atom. The van der Waals surface area contributed by atoms with E-state index in [1.807, 2.05) is 0 Å². The van der Waals surface area contributed by atoms with Crippen molar-refractivity contribution < 1.29 is 4.58 Å². The van der Waals surface area contributed by atoms with Gasteiger partial charge in [0, 0.05) is 6.42 Å². The summed E-state index contributed by atoms with van der Waals surface area (Å²) in [5, 5.41) is 0. The van der Waals surface area contributed by atoms with Crippen LogP contribution in [0.4, 0.5) is 0 Å². The number of allylic oxidation sites excluding steroid dienone is 4. The number of unbranched alkanes of at least 4 members (excludes halogenated alkanes) is 1. The molecular weight excluding hydrogens is 314 g/mol. The normalized spacial score (nSPS) is 24.5. The maximum absolute atomic E-state index is 4.17. The molecule has 1 aliphatic carbocycles. The minimum absolute atomic E-state index is 0.463. The second kappa shape index (κ2) is 10.9. The Labute approximate surface area is 164 Å². The molecule has 0 aromatic heterocycles. The summed E-state index contributed by atoms with van der Waals surface area (Å²) in [6.45, 7) is 19.7. The summed E-state index contributed by atoms with van der Waals surface area (Å²) in [6.07, 6.45) is 16.2. The monoisotopic (exact) mass is 358 g/mol. The summed E-state index contributed by atoms with van der Waals surface area (Å²) in [6, 6.07) is 0.463. The predicted octanol–water partition coefficient (Wildman–Crippen LogP) is 7.33. The molecule has 3 unspecified atom stereocenters. The molecule has 0 saturated heterocycles. The lowest BCUT2D eigenvalue weighted by Gasteiger charge is -2.13. The molecule has 0 aromatic rings. The molecule has 3 atom stereocenters. The van der Waals surface area contributed by atoms with Gasteiger partial charge in [-0.2, -0.15) is 0 Å². The number of nitrogens with zero attached hydrogens (tertiary/aromatic N) is 1. The van der Waals surface area contributed by atoms with E-state index >= 15 is 0 Å². The second-order valence-corrected chi connectivity index (χ2v) is 9.16. The van der Waals surface area contributed by atoms with E-state index in [2.05, 4.69) is 71.7 Å². The van der Waals surface area contributed by atoms with E-state index in [1.165, 1.54) is 62.5 Å². The average molecular weight is 359 g/mol. The quantitative estimate of drug-likeness (QED) is 0.140. The fourth-order valence-corrected chi connectivity index (χ4v) is 3.83. The Morgan fingerprint density at radius 3 is 2.31 bits per heavy atom. The van der Waals surface area contributed by atoms with Crippen molar-refractivity contribution in [2.45, 2.75) is 98.4 Å². The van der Waals surface area contributed by atoms with E-state index < -0.39 is 0 Å². The SMILES string of the molecule is C=C(C)CCCCC(C)=CC(CCCC(=CC1(C)CC1C)CC)[N+](=C)C. The van der Waals surface area contributed by atoms with Gasteiger partial charge in [-0.1, -0.05) is 43.6 Å². The predicted molar refractivity (Wildman–Crippen MR) is 118 cm³/mol. The van der Waals surface area contributed by atoms with E-state index in [0.717, 1.165) is 12.3 Å². The zero-order chi connectivity index (χ0) is 19.7. The van der Waals surface area contributed by atoms with Crippen molar-refractivity contribution in [3.8, 4) is 0 Å². The number of likely N-dealkylation sites (N-methyl/N-ethyl adjacent to an activating group) is 1. The van der Waals surface area contributed by atoms with Gasteiger partial charge in [0.1, 0.15) is 13.8 Å². The van der Waals surface area contributed by atoms with Crippen LogP contribution in [0.3, 0.4) is 0 Å². The van der Waals surface area contributed by atoms with E-state index in [0.29, 0.717) is 11.5 Å². The van der Waals surface area contributed by atoms with Crippen LogP contribution >= 0.6 is 0 Å². The molecule has 0 aromatic carbocycles. The molecular formula is C25H44N+. The van der Waals surface area contributed by atoms with Gasteiger partial charge >= 0.3 is 0 Å². The lowest BCUT2D eigenvalue weighted by molar-refractivity contribution is -0.518. The molecule has 148 valence electrons. The summed E-state index contributed by atoms with van der Waals surface area (Å²) in [4.78, 5) is 0. The van der Waals surface area contributed by atoms with Crippen LogP contribution < -0.4 is 0 Å². The van der Waals surface area contributed by atoms with Gasteiger partial charge in [-0.15, -0.1) is 6.58 Å². The molecule has 0 spiro atoms. The Bertz CT molecular complexity index is 536. The number of hydrogen-bond donors (Lipinski definition) is 0. The molecule has 0 N–H and O–H groups in total. The summed E-state index contributed by atoms with van der Waals surface area (Å²) in [5.41, 5.74) is 4.96. The molecule has 1 nitrogen and oxygen atoms in total. The van der Waals surface area contributed by atoms with Gasteiger partial charge in [0.25, 0.3) is 0 Å². The first-order valence-corrected chi connectivity index (χ1v) is 10.7. The molecule has 0 bridgehead atoms. The van der Waals surface area contributed by atoms with E-state index in [1.54, 1.807) is 5.57 Å².